The van der Waals surface area contributed by atoms with E-state index in [1.54, 1.807) is 0 Å². The first-order valence-corrected chi connectivity index (χ1v) is 11.8. The van der Waals surface area contributed by atoms with Crippen molar-refractivity contribution in [1.82, 2.24) is 4.90 Å². The zero-order valence-corrected chi connectivity index (χ0v) is 21.7. The molecule has 0 spiro atoms. The number of nitrogens with zero attached hydrogens (tertiary/aromatic N) is 1. The monoisotopic (exact) mass is 580 g/mol. The first-order chi connectivity index (χ1) is 18.5. The molecule has 0 aromatic heterocycles. The second kappa shape index (κ2) is 10.7. The predicted molar refractivity (Wildman–Crippen MR) is 135 cm³/mol. The molecule has 4 rings (SSSR count). The maximum absolute atomic E-state index is 13.6. The zero-order valence-electron chi connectivity index (χ0n) is 20.9. The van der Waals surface area contributed by atoms with Gasteiger partial charge in [-0.25, -0.2) is 9.59 Å². The van der Waals surface area contributed by atoms with E-state index in [1.165, 1.54) is 31.1 Å². The molecule has 0 unspecified atom stereocenters. The van der Waals surface area contributed by atoms with Crippen molar-refractivity contribution in [3.63, 3.8) is 0 Å². The zero-order chi connectivity index (χ0) is 30.4. The van der Waals surface area contributed by atoms with E-state index in [2.05, 4.69) is 0 Å². The Hall–Kier alpha value is -4.24. The van der Waals surface area contributed by atoms with Crippen molar-refractivity contribution in [3.05, 3.63) is 57.3 Å². The highest BCUT2D eigenvalue weighted by Gasteiger charge is 2.65. The van der Waals surface area contributed by atoms with Crippen molar-refractivity contribution in [2.75, 3.05) is 14.1 Å². The first-order valence-electron chi connectivity index (χ1n) is 11.5. The van der Waals surface area contributed by atoms with Gasteiger partial charge >= 0.3 is 11.9 Å². The largest absolute Gasteiger partial charge is 0.508 e. The molecule has 1 saturated carbocycles. The molecule has 1 amide bonds. The molecule has 5 atom stereocenters. The van der Waals surface area contributed by atoms with Crippen molar-refractivity contribution >= 4 is 46.8 Å². The smallest absolute Gasteiger partial charge is 0.328 e. The number of aliphatic hydroxyl groups is 4. The molecule has 1 aromatic carbocycles. The molecule has 14 nitrogen and oxygen atoms in total. The highest BCUT2D eigenvalue weighted by atomic mass is 35.5. The van der Waals surface area contributed by atoms with Crippen LogP contribution in [0.4, 0.5) is 0 Å². The van der Waals surface area contributed by atoms with Crippen LogP contribution in [0.25, 0.3) is 5.76 Å². The number of halogens is 1. The number of carbonyl (C=O) groups is 5. The Labute approximate surface area is 230 Å². The predicted octanol–water partition coefficient (Wildman–Crippen LogP) is -0.180. The van der Waals surface area contributed by atoms with Crippen LogP contribution in [0.5, 0.6) is 5.75 Å². The van der Waals surface area contributed by atoms with Crippen LogP contribution in [0.3, 0.4) is 0 Å². The molecule has 3 aliphatic rings. The Morgan fingerprint density at radius 3 is 2.10 bits per heavy atom. The number of hydrogen-bond acceptors (Lipinski definition) is 11. The molecular weight excluding hydrogens is 556 g/mol. The number of primary amides is 1. The highest BCUT2D eigenvalue weighted by Crippen LogP contribution is 2.56. The standard InChI is InChI=1S/C21H21ClN2O8.C4H4O4/c1-24(2)14-7-5-6-10(16(27)12-9(25)4-3-8(22)11(12)15(6)26)18(29)21(7,32)19(30)13(17(14)28)20(23)31;5-3(6)1-2-4(7)8/h3-4,6-7,14-15,25-27,30,32H,5H2,1-2H3,(H2,23,31);1-2H,(H,5,6)(H,7,8)/b;2-1-/t6-,7-,14-,15-,21-;/m0./s1. The van der Waals surface area contributed by atoms with Crippen LogP contribution in [-0.4, -0.2) is 95.8 Å². The molecule has 1 aromatic rings. The Morgan fingerprint density at radius 2 is 1.62 bits per heavy atom. The minimum Gasteiger partial charge on any atom is -0.508 e. The summed E-state index contributed by atoms with van der Waals surface area (Å²) < 4.78 is 0. The summed E-state index contributed by atoms with van der Waals surface area (Å²) in [6.07, 6.45) is -0.589. The Balaban J connectivity index is 0.000000482. The molecule has 3 aliphatic carbocycles. The Kier molecular flexibility index (Phi) is 8.13. The van der Waals surface area contributed by atoms with Crippen LogP contribution in [0.2, 0.25) is 5.02 Å². The van der Waals surface area contributed by atoms with Crippen molar-refractivity contribution in [2.45, 2.75) is 24.2 Å². The van der Waals surface area contributed by atoms with Gasteiger partial charge in [-0.2, -0.15) is 0 Å². The average molecular weight is 581 g/mol. The SMILES string of the molecule is CN(C)[C@@H]1C(=O)C(C(N)=O)=C(O)[C@@]2(O)C(=O)C3=C(O)c4c(O)ccc(Cl)c4[C@@H](O)[C@H]3C[C@@H]12.O=C(O)/C=C\C(=O)O. The summed E-state index contributed by atoms with van der Waals surface area (Å²) in [5.41, 5.74) is 0.845. The van der Waals surface area contributed by atoms with Crippen molar-refractivity contribution in [3.8, 4) is 5.75 Å². The molecule has 0 radical (unpaired) electrons. The first kappa shape index (κ1) is 30.3. The van der Waals surface area contributed by atoms with Crippen molar-refractivity contribution in [2.24, 2.45) is 17.6 Å². The molecule has 0 bridgehead atoms. The minimum atomic E-state index is -2.77. The van der Waals surface area contributed by atoms with E-state index in [-0.39, 0.29) is 22.6 Å². The molecule has 9 N–H and O–H groups in total. The summed E-state index contributed by atoms with van der Waals surface area (Å²) >= 11 is 6.19. The van der Waals surface area contributed by atoms with E-state index in [0.29, 0.717) is 12.2 Å². The lowest BCUT2D eigenvalue weighted by molar-refractivity contribution is -0.156. The van der Waals surface area contributed by atoms with E-state index in [0.717, 1.165) is 0 Å². The van der Waals surface area contributed by atoms with E-state index in [4.69, 9.17) is 27.5 Å². The number of rotatable bonds is 4. The number of phenolic OH excluding ortho intramolecular Hbond substituents is 1. The van der Waals surface area contributed by atoms with Gasteiger partial charge in [0.15, 0.2) is 11.4 Å². The van der Waals surface area contributed by atoms with E-state index >= 15 is 0 Å². The van der Waals surface area contributed by atoms with Crippen LogP contribution in [0, 0.1) is 11.8 Å². The maximum Gasteiger partial charge on any atom is 0.328 e. The summed E-state index contributed by atoms with van der Waals surface area (Å²) in [6.45, 7) is 0. The molecule has 0 heterocycles. The fraction of sp³-hybridized carbons (Fsp3) is 0.320. The number of carboxylic acid groups (broad SMARTS) is 2. The fourth-order valence-electron chi connectivity index (χ4n) is 5.38. The van der Waals surface area contributed by atoms with Crippen LogP contribution >= 0.6 is 11.6 Å². The van der Waals surface area contributed by atoms with Crippen LogP contribution in [0.1, 0.15) is 23.7 Å². The molecule has 40 heavy (non-hydrogen) atoms. The molecule has 0 saturated heterocycles. The van der Waals surface area contributed by atoms with Gasteiger partial charge in [-0.1, -0.05) is 11.6 Å². The lowest BCUT2D eigenvalue weighted by atomic mass is 9.57. The van der Waals surface area contributed by atoms with E-state index in [1.807, 2.05) is 0 Å². The second-order valence-electron chi connectivity index (χ2n) is 9.48. The van der Waals surface area contributed by atoms with Gasteiger partial charge in [0.05, 0.1) is 17.7 Å². The van der Waals surface area contributed by atoms with Gasteiger partial charge in [0, 0.05) is 40.1 Å². The normalized spacial score (nSPS) is 27.6. The van der Waals surface area contributed by atoms with Gasteiger partial charge in [0.25, 0.3) is 5.91 Å². The number of carboxylic acids is 2. The summed E-state index contributed by atoms with van der Waals surface area (Å²) in [7, 11) is 2.97. The summed E-state index contributed by atoms with van der Waals surface area (Å²) in [5.74, 6) is -10.7. The number of aliphatic carboxylic acids is 2. The second-order valence-corrected chi connectivity index (χ2v) is 9.88. The third-order valence-corrected chi connectivity index (χ3v) is 7.34. The third-order valence-electron chi connectivity index (χ3n) is 7.01. The van der Waals surface area contributed by atoms with E-state index < -0.39 is 87.4 Å². The van der Waals surface area contributed by atoms with E-state index in [9.17, 15) is 49.5 Å². The lowest BCUT2D eigenvalue weighted by Gasteiger charge is -2.51. The molecule has 0 aliphatic heterocycles. The number of Topliss-reactive ketones (excluding diaryl/α,β-unsaturated/α-hetero) is 2. The number of likely N-dealkylation sites (N-methyl/N-ethyl adjacent to an activating group) is 1. The number of hydrogen-bond donors (Lipinski definition) is 8. The van der Waals surface area contributed by atoms with Crippen molar-refractivity contribution in [1.29, 1.82) is 0 Å². The van der Waals surface area contributed by atoms with Crippen molar-refractivity contribution < 1.29 is 59.7 Å². The van der Waals surface area contributed by atoms with Gasteiger partial charge in [0.2, 0.25) is 5.78 Å². The molecule has 1 fully saturated rings. The number of fused-ring (bicyclic) bond motifs is 3. The Bertz CT molecular complexity index is 1410. The number of ketones is 2. The molecular formula is C25H25ClN2O12. The quantitative estimate of drug-likeness (QED) is 0.170. The third kappa shape index (κ3) is 4.70. The number of carbonyl (C=O) groups excluding carboxylic acids is 3. The number of phenols is 1. The fourth-order valence-corrected chi connectivity index (χ4v) is 5.65. The number of nitrogens with two attached hydrogens (primary N) is 1. The lowest BCUT2D eigenvalue weighted by Crippen LogP contribution is -2.66. The van der Waals surface area contributed by atoms with Crippen LogP contribution in [-0.2, 0) is 24.0 Å². The van der Waals surface area contributed by atoms with Gasteiger partial charge in [-0.15, -0.1) is 0 Å². The maximum atomic E-state index is 13.6. The van der Waals surface area contributed by atoms with Crippen LogP contribution < -0.4 is 5.73 Å². The van der Waals surface area contributed by atoms with Gasteiger partial charge in [-0.3, -0.25) is 19.3 Å². The number of aromatic hydroxyl groups is 1. The van der Waals surface area contributed by atoms with Gasteiger partial charge in [-0.05, 0) is 32.6 Å². The minimum absolute atomic E-state index is 0.00251. The van der Waals surface area contributed by atoms with Gasteiger partial charge in [0.1, 0.15) is 22.8 Å². The number of benzene rings is 1. The van der Waals surface area contributed by atoms with Gasteiger partial charge < -0.3 is 41.5 Å². The summed E-state index contributed by atoms with van der Waals surface area (Å²) in [5, 5.41) is 70.0. The Morgan fingerprint density at radius 1 is 1.07 bits per heavy atom. The number of aliphatic hydroxyl groups excluding tert-OH is 3. The molecule has 214 valence electrons. The van der Waals surface area contributed by atoms with Crippen LogP contribution in [0.15, 0.2) is 41.2 Å². The average Bonchev–Trinajstić information content (AvgIpc) is 2.84. The summed E-state index contributed by atoms with van der Waals surface area (Å²) in [4.78, 5) is 58.9. The summed E-state index contributed by atoms with van der Waals surface area (Å²) in [6, 6.07) is 1.25. The highest BCUT2D eigenvalue weighted by molar-refractivity contribution is 6.32. The topological polar surface area (TPSA) is 256 Å². The molecule has 15 heteroatoms. The number of amides is 1.